The van der Waals surface area contributed by atoms with Crippen LogP contribution in [0.1, 0.15) is 15.9 Å². The van der Waals surface area contributed by atoms with Gasteiger partial charge in [0.2, 0.25) is 0 Å². The highest BCUT2D eigenvalue weighted by Gasteiger charge is 1.94. The van der Waals surface area contributed by atoms with Crippen molar-refractivity contribution in [2.45, 2.75) is 6.54 Å². The van der Waals surface area contributed by atoms with Crippen LogP contribution in [0.5, 0.6) is 11.5 Å². The summed E-state index contributed by atoms with van der Waals surface area (Å²) in [4.78, 5) is 12.1. The van der Waals surface area contributed by atoms with Crippen LogP contribution in [0.3, 0.4) is 0 Å². The highest BCUT2D eigenvalue weighted by Crippen LogP contribution is 2.11. The Morgan fingerprint density at radius 2 is 1.60 bits per heavy atom. The van der Waals surface area contributed by atoms with Crippen LogP contribution < -0.4 is 0 Å². The van der Waals surface area contributed by atoms with E-state index in [9.17, 15) is 4.79 Å². The smallest absolute Gasteiger partial charge is 0.150 e. The third kappa shape index (κ3) is 6.02. The van der Waals surface area contributed by atoms with Crippen molar-refractivity contribution >= 4 is 6.29 Å². The van der Waals surface area contributed by atoms with E-state index in [4.69, 9.17) is 10.2 Å². The van der Waals surface area contributed by atoms with Gasteiger partial charge in [-0.1, -0.05) is 24.3 Å². The summed E-state index contributed by atoms with van der Waals surface area (Å²) in [7, 11) is 4.01. The van der Waals surface area contributed by atoms with Gasteiger partial charge in [-0.05, 0) is 43.9 Å². The van der Waals surface area contributed by atoms with Crippen LogP contribution in [0, 0.1) is 0 Å². The molecule has 0 heterocycles. The van der Waals surface area contributed by atoms with Crippen molar-refractivity contribution in [2.24, 2.45) is 0 Å². The van der Waals surface area contributed by atoms with Gasteiger partial charge in [0.1, 0.15) is 17.8 Å². The number of aldehydes is 1. The summed E-state index contributed by atoms with van der Waals surface area (Å²) >= 11 is 0. The van der Waals surface area contributed by atoms with Crippen LogP contribution in [0.4, 0.5) is 0 Å². The van der Waals surface area contributed by atoms with Gasteiger partial charge in [0, 0.05) is 12.1 Å². The zero-order valence-corrected chi connectivity index (χ0v) is 11.7. The lowest BCUT2D eigenvalue weighted by Gasteiger charge is -2.08. The fourth-order valence-corrected chi connectivity index (χ4v) is 1.62. The minimum atomic E-state index is 0.125. The minimum absolute atomic E-state index is 0.125. The third-order valence-corrected chi connectivity index (χ3v) is 2.42. The normalized spacial score (nSPS) is 9.75. The van der Waals surface area contributed by atoms with Crippen LogP contribution in [0.15, 0.2) is 48.5 Å². The molecule has 0 aliphatic carbocycles. The Morgan fingerprint density at radius 3 is 2.05 bits per heavy atom. The fraction of sp³-hybridized carbons (Fsp3) is 0.188. The Balaban J connectivity index is 0.000000204. The molecule has 0 bridgehead atoms. The molecule has 2 N–H and O–H groups in total. The molecular weight excluding hydrogens is 254 g/mol. The number of nitrogens with zero attached hydrogens (tertiary/aromatic N) is 1. The monoisotopic (exact) mass is 273 g/mol. The molecule has 0 atom stereocenters. The Labute approximate surface area is 118 Å². The SMILES string of the molecule is CN(C)Cc1cccc(O)c1.O=Cc1cccc(O)c1. The molecule has 0 aliphatic rings. The molecule has 2 aromatic rings. The van der Waals surface area contributed by atoms with Gasteiger partial charge in [-0.15, -0.1) is 0 Å². The lowest BCUT2D eigenvalue weighted by Crippen LogP contribution is -2.10. The molecule has 106 valence electrons. The van der Waals surface area contributed by atoms with E-state index in [1.54, 1.807) is 24.3 Å². The van der Waals surface area contributed by atoms with E-state index in [1.165, 1.54) is 12.1 Å². The van der Waals surface area contributed by atoms with E-state index in [2.05, 4.69) is 4.90 Å². The van der Waals surface area contributed by atoms with Gasteiger partial charge >= 0.3 is 0 Å². The molecule has 0 aromatic heterocycles. The average Bonchev–Trinajstić information content (AvgIpc) is 2.38. The predicted octanol–water partition coefficient (Wildman–Crippen LogP) is 2.66. The number of carbonyl (C=O) groups excluding carboxylic acids is 1. The molecule has 2 aromatic carbocycles. The van der Waals surface area contributed by atoms with Crippen molar-refractivity contribution in [3.63, 3.8) is 0 Å². The molecule has 0 unspecified atom stereocenters. The molecule has 0 aliphatic heterocycles. The molecule has 0 saturated heterocycles. The first kappa shape index (κ1) is 15.7. The molecule has 0 saturated carbocycles. The molecule has 2 rings (SSSR count). The summed E-state index contributed by atoms with van der Waals surface area (Å²) in [6.45, 7) is 0.869. The van der Waals surface area contributed by atoms with Crippen molar-refractivity contribution in [1.82, 2.24) is 4.90 Å². The predicted molar refractivity (Wildman–Crippen MR) is 79.0 cm³/mol. The van der Waals surface area contributed by atoms with Gasteiger partial charge in [-0.3, -0.25) is 4.79 Å². The van der Waals surface area contributed by atoms with Crippen LogP contribution in [-0.4, -0.2) is 35.5 Å². The number of carbonyl (C=O) groups is 1. The fourth-order valence-electron chi connectivity index (χ4n) is 1.62. The van der Waals surface area contributed by atoms with Gasteiger partial charge in [0.25, 0.3) is 0 Å². The summed E-state index contributed by atoms with van der Waals surface area (Å²) in [6.07, 6.45) is 0.694. The number of hydrogen-bond acceptors (Lipinski definition) is 4. The van der Waals surface area contributed by atoms with Crippen molar-refractivity contribution < 1.29 is 15.0 Å². The van der Waals surface area contributed by atoms with Gasteiger partial charge < -0.3 is 15.1 Å². The number of phenolic OH excluding ortho intramolecular Hbond substituents is 2. The summed E-state index contributed by atoms with van der Waals surface area (Å²) in [5, 5.41) is 17.9. The number of aromatic hydroxyl groups is 2. The highest BCUT2D eigenvalue weighted by atomic mass is 16.3. The number of benzene rings is 2. The van der Waals surface area contributed by atoms with Crippen molar-refractivity contribution in [2.75, 3.05) is 14.1 Å². The molecule has 4 nitrogen and oxygen atoms in total. The Bertz CT molecular complexity index is 553. The van der Waals surface area contributed by atoms with E-state index in [-0.39, 0.29) is 5.75 Å². The summed E-state index contributed by atoms with van der Waals surface area (Å²) < 4.78 is 0. The maximum absolute atomic E-state index is 10.0. The molecule has 0 fully saturated rings. The Kier molecular flexibility index (Phi) is 6.26. The van der Waals surface area contributed by atoms with Crippen molar-refractivity contribution in [1.29, 1.82) is 0 Å². The first-order chi connectivity index (χ1) is 9.51. The second kappa shape index (κ2) is 7.96. The maximum atomic E-state index is 10.0. The molecule has 20 heavy (non-hydrogen) atoms. The van der Waals surface area contributed by atoms with Gasteiger partial charge in [0.15, 0.2) is 0 Å². The topological polar surface area (TPSA) is 60.8 Å². The summed E-state index contributed by atoms with van der Waals surface area (Å²) in [5.41, 5.74) is 1.63. The van der Waals surface area contributed by atoms with Gasteiger partial charge in [-0.2, -0.15) is 0 Å². The zero-order valence-electron chi connectivity index (χ0n) is 11.7. The van der Waals surface area contributed by atoms with Crippen LogP contribution in [0.25, 0.3) is 0 Å². The average molecular weight is 273 g/mol. The minimum Gasteiger partial charge on any atom is -0.508 e. The quantitative estimate of drug-likeness (QED) is 0.844. The third-order valence-electron chi connectivity index (χ3n) is 2.42. The van der Waals surface area contributed by atoms with Crippen molar-refractivity contribution in [3.8, 4) is 11.5 Å². The first-order valence-corrected chi connectivity index (χ1v) is 6.18. The van der Waals surface area contributed by atoms with Crippen molar-refractivity contribution in [3.05, 3.63) is 59.7 Å². The Morgan fingerprint density at radius 1 is 1.00 bits per heavy atom. The van der Waals surface area contributed by atoms with Crippen LogP contribution in [0.2, 0.25) is 0 Å². The number of phenols is 2. The zero-order chi connectivity index (χ0) is 15.0. The summed E-state index contributed by atoms with van der Waals surface area (Å²) in [6, 6.07) is 13.5. The molecule has 4 heteroatoms. The van der Waals surface area contributed by atoms with E-state index >= 15 is 0 Å². The second-order valence-corrected chi connectivity index (χ2v) is 4.62. The van der Waals surface area contributed by atoms with Crippen LogP contribution in [-0.2, 0) is 6.54 Å². The highest BCUT2D eigenvalue weighted by molar-refractivity contribution is 5.75. The standard InChI is InChI=1S/C9H13NO.C7H6O2/c1-10(2)7-8-4-3-5-9(11)6-8;8-5-6-2-1-3-7(9)4-6/h3-6,11H,7H2,1-2H3;1-5,9H. The largest absolute Gasteiger partial charge is 0.508 e. The second-order valence-electron chi connectivity index (χ2n) is 4.62. The van der Waals surface area contributed by atoms with E-state index in [0.717, 1.165) is 12.1 Å². The Hall–Kier alpha value is -2.33. The molecule has 0 spiro atoms. The number of hydrogen-bond donors (Lipinski definition) is 2. The lowest BCUT2D eigenvalue weighted by molar-refractivity contribution is 0.112. The molecule has 0 radical (unpaired) electrons. The van der Waals surface area contributed by atoms with E-state index in [0.29, 0.717) is 17.6 Å². The summed E-state index contributed by atoms with van der Waals surface area (Å²) in [5.74, 6) is 0.462. The van der Waals surface area contributed by atoms with Gasteiger partial charge in [0.05, 0.1) is 0 Å². The molecular formula is C16H19NO3. The first-order valence-electron chi connectivity index (χ1n) is 6.18. The molecule has 0 amide bonds. The number of rotatable bonds is 3. The maximum Gasteiger partial charge on any atom is 0.150 e. The van der Waals surface area contributed by atoms with E-state index < -0.39 is 0 Å². The van der Waals surface area contributed by atoms with Gasteiger partial charge in [-0.25, -0.2) is 0 Å². The lowest BCUT2D eigenvalue weighted by atomic mass is 10.2. The van der Waals surface area contributed by atoms with E-state index in [1.807, 2.05) is 26.2 Å². The van der Waals surface area contributed by atoms with Crippen LogP contribution >= 0.6 is 0 Å².